The maximum absolute atomic E-state index is 13.2. The van der Waals surface area contributed by atoms with Crippen molar-refractivity contribution in [3.63, 3.8) is 0 Å². The first-order chi connectivity index (χ1) is 16.3. The van der Waals surface area contributed by atoms with Crippen molar-refractivity contribution in [1.29, 1.82) is 0 Å². The number of aliphatic hydroxyl groups is 1. The summed E-state index contributed by atoms with van der Waals surface area (Å²) in [7, 11) is 0. The number of nitrogens with one attached hydrogen (secondary N) is 3. The van der Waals surface area contributed by atoms with Gasteiger partial charge in [0.05, 0.1) is 19.3 Å². The standard InChI is InChI=1S/C25H37N3O6/c1-16(2)14-21(28-25(32)34-19-10-12-33-13-11-19)23(30)27-20(15-17-6-4-3-5-7-17)22(29)24(31)26-18-8-9-18/h3-7,16,18-22,29H,8-15H2,1-2H3,(H,26,31)(H,27,30)(H,28,32)/t20-,21-,22?/m0/s1. The summed E-state index contributed by atoms with van der Waals surface area (Å²) in [6, 6.07) is 7.73. The van der Waals surface area contributed by atoms with Gasteiger partial charge in [0.1, 0.15) is 12.1 Å². The molecule has 0 spiro atoms. The Morgan fingerprint density at radius 2 is 1.71 bits per heavy atom. The lowest BCUT2D eigenvalue weighted by molar-refractivity contribution is -0.132. The Bertz CT molecular complexity index is 808. The van der Waals surface area contributed by atoms with Crippen molar-refractivity contribution in [1.82, 2.24) is 16.0 Å². The van der Waals surface area contributed by atoms with Crippen LogP contribution >= 0.6 is 0 Å². The van der Waals surface area contributed by atoms with Crippen molar-refractivity contribution in [2.45, 2.75) is 82.7 Å². The Hall–Kier alpha value is -2.65. The molecular formula is C25H37N3O6. The Morgan fingerprint density at radius 1 is 1.03 bits per heavy atom. The quantitative estimate of drug-likeness (QED) is 0.386. The molecule has 3 atom stereocenters. The number of alkyl carbamates (subject to hydrolysis) is 1. The zero-order chi connectivity index (χ0) is 24.5. The van der Waals surface area contributed by atoms with Crippen molar-refractivity contribution in [2.75, 3.05) is 13.2 Å². The highest BCUT2D eigenvalue weighted by Crippen LogP contribution is 2.19. The molecule has 1 unspecified atom stereocenters. The number of hydrogen-bond acceptors (Lipinski definition) is 6. The molecule has 2 fully saturated rings. The van der Waals surface area contributed by atoms with Crippen LogP contribution < -0.4 is 16.0 Å². The SMILES string of the molecule is CC(C)C[C@H](NC(=O)OC1CCOCC1)C(=O)N[C@@H](Cc1ccccc1)C(O)C(=O)NC1CC1. The second kappa shape index (κ2) is 12.7. The fourth-order valence-electron chi connectivity index (χ4n) is 3.91. The lowest BCUT2D eigenvalue weighted by Crippen LogP contribution is -2.56. The van der Waals surface area contributed by atoms with Crippen LogP contribution in [0.1, 0.15) is 51.5 Å². The number of benzene rings is 1. The van der Waals surface area contributed by atoms with Crippen LogP contribution in [-0.4, -0.2) is 66.6 Å². The van der Waals surface area contributed by atoms with Crippen molar-refractivity contribution in [2.24, 2.45) is 5.92 Å². The molecule has 0 aromatic heterocycles. The molecule has 1 saturated carbocycles. The van der Waals surface area contributed by atoms with Gasteiger partial charge in [0.25, 0.3) is 5.91 Å². The van der Waals surface area contributed by atoms with Crippen molar-refractivity contribution >= 4 is 17.9 Å². The molecule has 1 aliphatic carbocycles. The second-order valence-corrected chi connectivity index (χ2v) is 9.58. The van der Waals surface area contributed by atoms with Crippen LogP contribution in [0.25, 0.3) is 0 Å². The van der Waals surface area contributed by atoms with Crippen molar-refractivity contribution in [3.05, 3.63) is 35.9 Å². The summed E-state index contributed by atoms with van der Waals surface area (Å²) in [5.74, 6) is -0.845. The van der Waals surface area contributed by atoms with Crippen LogP contribution in [0, 0.1) is 5.92 Å². The molecule has 0 radical (unpaired) electrons. The van der Waals surface area contributed by atoms with E-state index in [1.165, 1.54) is 0 Å². The van der Waals surface area contributed by atoms with Gasteiger partial charge in [-0.1, -0.05) is 44.2 Å². The molecule has 1 saturated heterocycles. The highest BCUT2D eigenvalue weighted by Gasteiger charge is 2.34. The number of amides is 3. The first-order valence-electron chi connectivity index (χ1n) is 12.2. The lowest BCUT2D eigenvalue weighted by atomic mass is 9.98. The minimum atomic E-state index is -1.42. The molecule has 2 aliphatic rings. The molecule has 0 bridgehead atoms. The minimum Gasteiger partial charge on any atom is -0.446 e. The fourth-order valence-corrected chi connectivity index (χ4v) is 3.91. The number of hydrogen-bond donors (Lipinski definition) is 4. The van der Waals surface area contributed by atoms with E-state index >= 15 is 0 Å². The maximum atomic E-state index is 13.2. The molecule has 188 valence electrons. The second-order valence-electron chi connectivity index (χ2n) is 9.58. The first kappa shape index (κ1) is 26.0. The zero-order valence-electron chi connectivity index (χ0n) is 20.0. The van der Waals surface area contributed by atoms with Crippen LogP contribution in [-0.2, 0) is 25.5 Å². The predicted octanol–water partition coefficient (Wildman–Crippen LogP) is 1.67. The van der Waals surface area contributed by atoms with E-state index in [1.807, 2.05) is 44.2 Å². The van der Waals surface area contributed by atoms with Gasteiger partial charge in [0, 0.05) is 18.9 Å². The molecule has 3 rings (SSSR count). The number of aliphatic hydroxyl groups excluding tert-OH is 1. The molecule has 34 heavy (non-hydrogen) atoms. The number of ether oxygens (including phenoxy) is 2. The third-order valence-corrected chi connectivity index (χ3v) is 5.96. The van der Waals surface area contributed by atoms with E-state index in [9.17, 15) is 19.5 Å². The van der Waals surface area contributed by atoms with Gasteiger partial charge in [-0.25, -0.2) is 4.79 Å². The first-order valence-corrected chi connectivity index (χ1v) is 12.2. The summed E-state index contributed by atoms with van der Waals surface area (Å²) < 4.78 is 10.8. The van der Waals surface area contributed by atoms with E-state index in [-0.39, 0.29) is 24.5 Å². The number of carbonyl (C=O) groups is 3. The summed E-state index contributed by atoms with van der Waals surface area (Å²) in [6.45, 7) is 4.97. The fraction of sp³-hybridized carbons (Fsp3) is 0.640. The monoisotopic (exact) mass is 475 g/mol. The van der Waals surface area contributed by atoms with E-state index in [2.05, 4.69) is 16.0 Å². The van der Waals surface area contributed by atoms with Gasteiger partial charge in [-0.05, 0) is 37.2 Å². The lowest BCUT2D eigenvalue weighted by Gasteiger charge is -2.28. The van der Waals surface area contributed by atoms with Gasteiger partial charge in [-0.2, -0.15) is 0 Å². The Labute approximate surface area is 201 Å². The van der Waals surface area contributed by atoms with Crippen LogP contribution in [0.4, 0.5) is 4.79 Å². The summed E-state index contributed by atoms with van der Waals surface area (Å²) >= 11 is 0. The van der Waals surface area contributed by atoms with Gasteiger partial charge >= 0.3 is 6.09 Å². The van der Waals surface area contributed by atoms with E-state index in [4.69, 9.17) is 9.47 Å². The van der Waals surface area contributed by atoms with Gasteiger partial charge in [0.15, 0.2) is 6.10 Å². The van der Waals surface area contributed by atoms with Crippen LogP contribution in [0.3, 0.4) is 0 Å². The average Bonchev–Trinajstić information content (AvgIpc) is 3.62. The van der Waals surface area contributed by atoms with E-state index < -0.39 is 36.1 Å². The molecule has 3 amide bonds. The third-order valence-electron chi connectivity index (χ3n) is 5.96. The molecule has 9 nitrogen and oxygen atoms in total. The third kappa shape index (κ3) is 8.61. The van der Waals surface area contributed by atoms with E-state index in [0.29, 0.717) is 32.5 Å². The molecule has 1 heterocycles. The smallest absolute Gasteiger partial charge is 0.408 e. The molecule has 9 heteroatoms. The van der Waals surface area contributed by atoms with Crippen LogP contribution in [0.15, 0.2) is 30.3 Å². The van der Waals surface area contributed by atoms with Gasteiger partial charge < -0.3 is 30.5 Å². The van der Waals surface area contributed by atoms with Crippen molar-refractivity contribution in [3.8, 4) is 0 Å². The molecule has 1 aromatic rings. The van der Waals surface area contributed by atoms with Crippen LogP contribution in [0.2, 0.25) is 0 Å². The largest absolute Gasteiger partial charge is 0.446 e. The molecule has 4 N–H and O–H groups in total. The summed E-state index contributed by atoms with van der Waals surface area (Å²) in [6.07, 6.45) is 1.37. The van der Waals surface area contributed by atoms with Gasteiger partial charge in [0.2, 0.25) is 5.91 Å². The number of rotatable bonds is 11. The zero-order valence-corrected chi connectivity index (χ0v) is 20.0. The molecular weight excluding hydrogens is 438 g/mol. The maximum Gasteiger partial charge on any atom is 0.408 e. The Balaban J connectivity index is 1.66. The average molecular weight is 476 g/mol. The number of carbonyl (C=O) groups excluding carboxylic acids is 3. The van der Waals surface area contributed by atoms with E-state index in [1.54, 1.807) is 0 Å². The van der Waals surface area contributed by atoms with Crippen molar-refractivity contribution < 1.29 is 29.0 Å². The summed E-state index contributed by atoms with van der Waals surface area (Å²) in [4.78, 5) is 38.3. The predicted molar refractivity (Wildman–Crippen MR) is 126 cm³/mol. The normalized spacial score (nSPS) is 19.1. The summed E-state index contributed by atoms with van der Waals surface area (Å²) in [5, 5.41) is 19.1. The van der Waals surface area contributed by atoms with Crippen LogP contribution in [0.5, 0.6) is 0 Å². The topological polar surface area (TPSA) is 126 Å². The minimum absolute atomic E-state index is 0.0885. The highest BCUT2D eigenvalue weighted by atomic mass is 16.6. The van der Waals surface area contributed by atoms with E-state index in [0.717, 1.165) is 18.4 Å². The summed E-state index contributed by atoms with van der Waals surface area (Å²) in [5.41, 5.74) is 0.873. The van der Waals surface area contributed by atoms with Gasteiger partial charge in [-0.15, -0.1) is 0 Å². The highest BCUT2D eigenvalue weighted by molar-refractivity contribution is 5.87. The molecule has 1 aromatic carbocycles. The Morgan fingerprint density at radius 3 is 2.32 bits per heavy atom. The van der Waals surface area contributed by atoms with Gasteiger partial charge in [-0.3, -0.25) is 9.59 Å². The molecule has 1 aliphatic heterocycles. The Kier molecular flexibility index (Phi) is 9.71.